The summed E-state index contributed by atoms with van der Waals surface area (Å²) in [6.07, 6.45) is 12.0. The van der Waals surface area contributed by atoms with Crippen molar-refractivity contribution in [3.63, 3.8) is 0 Å². The molecule has 0 radical (unpaired) electrons. The monoisotopic (exact) mass is 225 g/mol. The molecule has 0 aromatic rings. The van der Waals surface area contributed by atoms with Gasteiger partial charge in [-0.25, -0.2) is 0 Å². The molecular formula is C14H27NO. The second kappa shape index (κ2) is 9.51. The molecule has 0 aliphatic rings. The van der Waals surface area contributed by atoms with Gasteiger partial charge in [0.05, 0.1) is 0 Å². The summed E-state index contributed by atoms with van der Waals surface area (Å²) >= 11 is 0. The summed E-state index contributed by atoms with van der Waals surface area (Å²) in [6.45, 7) is 7.52. The number of hydrogen-bond donors (Lipinski definition) is 0. The lowest BCUT2D eigenvalue weighted by atomic mass is 9.89. The summed E-state index contributed by atoms with van der Waals surface area (Å²) < 4.78 is 4.62. The van der Waals surface area contributed by atoms with E-state index in [0.29, 0.717) is 12.0 Å². The van der Waals surface area contributed by atoms with Crippen molar-refractivity contribution in [1.29, 1.82) is 5.26 Å². The molecule has 0 aromatic carbocycles. The van der Waals surface area contributed by atoms with Gasteiger partial charge in [-0.1, -0.05) is 59.3 Å². The van der Waals surface area contributed by atoms with Gasteiger partial charge in [-0.15, -0.1) is 0 Å². The number of nitriles is 1. The molecule has 2 nitrogen and oxygen atoms in total. The van der Waals surface area contributed by atoms with Crippen LogP contribution < -0.4 is 0 Å². The average Bonchev–Trinajstić information content (AvgIpc) is 2.19. The highest BCUT2D eigenvalue weighted by atomic mass is 16.5. The van der Waals surface area contributed by atoms with Gasteiger partial charge >= 0.3 is 0 Å². The average molecular weight is 225 g/mol. The molecule has 0 aliphatic carbocycles. The zero-order valence-electron chi connectivity index (χ0n) is 11.2. The van der Waals surface area contributed by atoms with Gasteiger partial charge in [0, 0.05) is 0 Å². The lowest BCUT2D eigenvalue weighted by molar-refractivity contribution is 0.260. The Bertz CT molecular complexity index is 188. The third kappa shape index (κ3) is 13.3. The second-order valence-electron chi connectivity index (χ2n) is 5.73. The lowest BCUT2D eigenvalue weighted by Gasteiger charge is -2.17. The largest absolute Gasteiger partial charge is 0.428 e. The molecule has 0 saturated heterocycles. The molecular weight excluding hydrogens is 198 g/mol. The highest BCUT2D eigenvalue weighted by molar-refractivity contribution is 4.61. The van der Waals surface area contributed by atoms with Crippen LogP contribution in [0.4, 0.5) is 0 Å². The zero-order chi connectivity index (χ0) is 12.3. The molecule has 0 heterocycles. The normalized spacial score (nSPS) is 11.1. The number of ether oxygens (including phenoxy) is 1. The first-order valence-electron chi connectivity index (χ1n) is 6.57. The van der Waals surface area contributed by atoms with Gasteiger partial charge in [0.1, 0.15) is 6.61 Å². The van der Waals surface area contributed by atoms with E-state index in [1.54, 1.807) is 6.26 Å². The summed E-state index contributed by atoms with van der Waals surface area (Å²) in [5.74, 6) is 0. The number of hydrogen-bond acceptors (Lipinski definition) is 2. The molecule has 2 heteroatoms. The summed E-state index contributed by atoms with van der Waals surface area (Å²) in [6, 6.07) is 0. The molecule has 0 fully saturated rings. The van der Waals surface area contributed by atoms with Crippen LogP contribution in [0.1, 0.15) is 72.1 Å². The third-order valence-electron chi connectivity index (χ3n) is 2.74. The molecule has 0 amide bonds. The Balaban J connectivity index is 3.02. The third-order valence-corrected chi connectivity index (χ3v) is 2.74. The highest BCUT2D eigenvalue weighted by Gasteiger charge is 2.08. The summed E-state index contributed by atoms with van der Waals surface area (Å²) in [7, 11) is 0. The number of rotatable bonds is 9. The Kier molecular flexibility index (Phi) is 9.09. The van der Waals surface area contributed by atoms with Crippen LogP contribution >= 0.6 is 0 Å². The van der Waals surface area contributed by atoms with Crippen molar-refractivity contribution in [2.75, 3.05) is 6.61 Å². The van der Waals surface area contributed by atoms with E-state index >= 15 is 0 Å². The standard InChI is InChI=1S/C14H27NO/c1-14(2,3)11-9-7-5-4-6-8-10-12-16-13-15/h4-12H2,1-3H3. The molecule has 0 saturated carbocycles. The van der Waals surface area contributed by atoms with Gasteiger partial charge in [-0.3, -0.25) is 0 Å². The summed E-state index contributed by atoms with van der Waals surface area (Å²) in [5, 5.41) is 8.16. The van der Waals surface area contributed by atoms with Crippen molar-refractivity contribution in [3.8, 4) is 6.26 Å². The van der Waals surface area contributed by atoms with Crippen LogP contribution in [-0.2, 0) is 4.74 Å². The van der Waals surface area contributed by atoms with Crippen molar-refractivity contribution in [3.05, 3.63) is 0 Å². The topological polar surface area (TPSA) is 33.0 Å². The minimum atomic E-state index is 0.495. The summed E-state index contributed by atoms with van der Waals surface area (Å²) in [5.41, 5.74) is 0.495. The number of unbranched alkanes of at least 4 members (excludes halogenated alkanes) is 6. The fraction of sp³-hybridized carbons (Fsp3) is 0.929. The predicted molar refractivity (Wildman–Crippen MR) is 68.0 cm³/mol. The Morgan fingerprint density at radius 3 is 1.88 bits per heavy atom. The Hall–Kier alpha value is -0.710. The van der Waals surface area contributed by atoms with Crippen molar-refractivity contribution in [2.45, 2.75) is 72.1 Å². The molecule has 0 spiro atoms. The minimum absolute atomic E-state index is 0.495. The molecule has 0 rings (SSSR count). The molecule has 0 unspecified atom stereocenters. The van der Waals surface area contributed by atoms with Gasteiger partial charge in [-0.05, 0) is 18.3 Å². The predicted octanol–water partition coefficient (Wildman–Crippen LogP) is 4.65. The highest BCUT2D eigenvalue weighted by Crippen LogP contribution is 2.22. The molecule has 0 aromatic heterocycles. The second-order valence-corrected chi connectivity index (χ2v) is 5.73. The van der Waals surface area contributed by atoms with Crippen LogP contribution in [0.3, 0.4) is 0 Å². The SMILES string of the molecule is CC(C)(C)CCCCCCCCCOC#N. The molecule has 0 N–H and O–H groups in total. The first-order chi connectivity index (χ1) is 7.56. The van der Waals surface area contributed by atoms with E-state index in [4.69, 9.17) is 5.26 Å². The van der Waals surface area contributed by atoms with Crippen LogP contribution in [-0.4, -0.2) is 6.61 Å². The maximum atomic E-state index is 8.16. The van der Waals surface area contributed by atoms with Crippen LogP contribution in [0.5, 0.6) is 0 Å². The Morgan fingerprint density at radius 1 is 0.875 bits per heavy atom. The van der Waals surface area contributed by atoms with Gasteiger partial charge in [0.25, 0.3) is 6.26 Å². The van der Waals surface area contributed by atoms with Crippen LogP contribution in [0.2, 0.25) is 0 Å². The van der Waals surface area contributed by atoms with E-state index in [9.17, 15) is 0 Å². The van der Waals surface area contributed by atoms with Crippen molar-refractivity contribution in [1.82, 2.24) is 0 Å². The van der Waals surface area contributed by atoms with E-state index < -0.39 is 0 Å². The minimum Gasteiger partial charge on any atom is -0.428 e. The van der Waals surface area contributed by atoms with Gasteiger partial charge in [0.15, 0.2) is 0 Å². The Morgan fingerprint density at radius 2 is 1.38 bits per heavy atom. The van der Waals surface area contributed by atoms with E-state index in [1.165, 1.54) is 44.9 Å². The van der Waals surface area contributed by atoms with Crippen LogP contribution in [0, 0.1) is 16.9 Å². The van der Waals surface area contributed by atoms with E-state index in [0.717, 1.165) is 6.42 Å². The first kappa shape index (κ1) is 15.3. The summed E-state index contributed by atoms with van der Waals surface area (Å²) in [4.78, 5) is 0. The van der Waals surface area contributed by atoms with Crippen molar-refractivity contribution >= 4 is 0 Å². The Labute approximate surface area is 101 Å². The van der Waals surface area contributed by atoms with E-state index in [1.807, 2.05) is 0 Å². The van der Waals surface area contributed by atoms with Crippen molar-refractivity contribution < 1.29 is 4.74 Å². The van der Waals surface area contributed by atoms with Crippen molar-refractivity contribution in [2.24, 2.45) is 5.41 Å². The fourth-order valence-electron chi connectivity index (χ4n) is 1.76. The molecule has 16 heavy (non-hydrogen) atoms. The van der Waals surface area contributed by atoms with Crippen LogP contribution in [0.25, 0.3) is 0 Å². The molecule has 94 valence electrons. The van der Waals surface area contributed by atoms with Gasteiger partial charge in [0.2, 0.25) is 0 Å². The maximum Gasteiger partial charge on any atom is 0.286 e. The first-order valence-corrected chi connectivity index (χ1v) is 6.57. The van der Waals surface area contributed by atoms with Gasteiger partial charge in [-0.2, -0.15) is 5.26 Å². The smallest absolute Gasteiger partial charge is 0.286 e. The number of nitrogens with zero attached hydrogens (tertiary/aromatic N) is 1. The lowest BCUT2D eigenvalue weighted by Crippen LogP contribution is -2.03. The zero-order valence-corrected chi connectivity index (χ0v) is 11.2. The fourth-order valence-corrected chi connectivity index (χ4v) is 1.76. The molecule has 0 aliphatic heterocycles. The quantitative estimate of drug-likeness (QED) is 0.422. The van der Waals surface area contributed by atoms with E-state index in [2.05, 4.69) is 25.5 Å². The van der Waals surface area contributed by atoms with E-state index in [-0.39, 0.29) is 0 Å². The van der Waals surface area contributed by atoms with Crippen LogP contribution in [0.15, 0.2) is 0 Å². The molecule has 0 bridgehead atoms. The molecule has 0 atom stereocenters. The van der Waals surface area contributed by atoms with Gasteiger partial charge < -0.3 is 4.74 Å². The maximum absolute atomic E-state index is 8.16.